The zero-order valence-electron chi connectivity index (χ0n) is 17.0. The van der Waals surface area contributed by atoms with Gasteiger partial charge in [-0.2, -0.15) is 6.42 Å². The summed E-state index contributed by atoms with van der Waals surface area (Å²) < 4.78 is 0. The van der Waals surface area contributed by atoms with Crippen LogP contribution in [-0.2, 0) is 16.6 Å². The Labute approximate surface area is 195 Å². The normalized spacial score (nSPS) is 35.9. The van der Waals surface area contributed by atoms with Crippen LogP contribution >= 0.6 is 0 Å². The Hall–Kier alpha value is 0.356. The second-order valence-corrected chi connectivity index (χ2v) is 9.21. The van der Waals surface area contributed by atoms with Crippen LogP contribution in [0.15, 0.2) is 12.1 Å². The van der Waals surface area contributed by atoms with Gasteiger partial charge in [0.15, 0.2) is 0 Å². The van der Waals surface area contributed by atoms with Crippen molar-refractivity contribution in [2.75, 3.05) is 13.6 Å². The number of hydrogen-bond donors (Lipinski definition) is 0. The molecule has 25 heavy (non-hydrogen) atoms. The van der Waals surface area contributed by atoms with Gasteiger partial charge in [-0.3, -0.25) is 0 Å². The third-order valence-corrected chi connectivity index (χ3v) is 8.14. The maximum absolute atomic E-state index is 13.0. The molecule has 0 spiro atoms. The number of nitrogens with zero attached hydrogens (tertiary/aromatic N) is 1. The van der Waals surface area contributed by atoms with Crippen molar-refractivity contribution in [3.8, 4) is 0 Å². The zero-order valence-corrected chi connectivity index (χ0v) is 20.1. The first-order valence-electron chi connectivity index (χ1n) is 9.34. The standard InChI is InChI=1S/C22H30NO.K/c1-14-7-8-16-13-17-21(5)10-9-18(24)20(3,4)22(21,11-12-23(17)6)19(16)15(14)2;/h7-9,17H,10-13H2,1-6H3;/q-1;+1/t17?,21-,22-;/m0./s1. The van der Waals surface area contributed by atoms with Crippen LogP contribution in [0.5, 0.6) is 0 Å². The van der Waals surface area contributed by atoms with E-state index in [1.165, 1.54) is 22.3 Å². The summed E-state index contributed by atoms with van der Waals surface area (Å²) in [5, 5.41) is 0. The maximum atomic E-state index is 13.0. The summed E-state index contributed by atoms with van der Waals surface area (Å²) in [5.74, 6) is 0.344. The molecule has 4 rings (SSSR count). The maximum Gasteiger partial charge on any atom is 1.00 e. The average Bonchev–Trinajstić information content (AvgIpc) is 2.51. The van der Waals surface area contributed by atoms with E-state index in [9.17, 15) is 4.79 Å². The summed E-state index contributed by atoms with van der Waals surface area (Å²) in [5.41, 5.74) is 5.52. The number of hydrogen-bond acceptors (Lipinski definition) is 2. The number of carbonyl (C=O) groups is 1. The van der Waals surface area contributed by atoms with Gasteiger partial charge in [0.05, 0.1) is 0 Å². The van der Waals surface area contributed by atoms with Crippen LogP contribution in [0, 0.1) is 31.1 Å². The molecule has 1 heterocycles. The van der Waals surface area contributed by atoms with Crippen LogP contribution in [0.2, 0.25) is 0 Å². The van der Waals surface area contributed by atoms with Crippen molar-refractivity contribution in [3.05, 3.63) is 40.8 Å². The van der Waals surface area contributed by atoms with E-state index in [1.54, 1.807) is 0 Å². The molecule has 1 aliphatic heterocycles. The molecule has 1 saturated carbocycles. The monoisotopic (exact) mass is 363 g/mol. The summed E-state index contributed by atoms with van der Waals surface area (Å²) in [6.45, 7) is 12.5. The molecule has 130 valence electrons. The van der Waals surface area contributed by atoms with Gasteiger partial charge < -0.3 is 16.1 Å². The van der Waals surface area contributed by atoms with E-state index in [0.29, 0.717) is 11.8 Å². The van der Waals surface area contributed by atoms with E-state index in [1.807, 2.05) is 6.42 Å². The minimum atomic E-state index is -0.340. The van der Waals surface area contributed by atoms with Gasteiger partial charge in [-0.25, -0.2) is 0 Å². The van der Waals surface area contributed by atoms with Gasteiger partial charge in [-0.1, -0.05) is 32.9 Å². The van der Waals surface area contributed by atoms with Gasteiger partial charge >= 0.3 is 51.4 Å². The number of ketones is 1. The molecular formula is C22H30KNO. The van der Waals surface area contributed by atoms with Gasteiger partial charge in [0, 0.05) is 22.7 Å². The quantitative estimate of drug-likeness (QED) is 0.507. The Balaban J connectivity index is 0.00000182. The molecule has 1 saturated heterocycles. The second kappa shape index (κ2) is 6.18. The summed E-state index contributed by atoms with van der Waals surface area (Å²) in [4.78, 5) is 15.6. The molecule has 1 unspecified atom stereocenters. The van der Waals surface area contributed by atoms with E-state index < -0.39 is 0 Å². The molecule has 2 nitrogen and oxygen atoms in total. The second-order valence-electron chi connectivity index (χ2n) is 9.21. The number of benzene rings is 1. The topological polar surface area (TPSA) is 20.3 Å². The Morgan fingerprint density at radius 1 is 1.20 bits per heavy atom. The van der Waals surface area contributed by atoms with Crippen LogP contribution < -0.4 is 51.4 Å². The fourth-order valence-electron chi connectivity index (χ4n) is 6.61. The van der Waals surface area contributed by atoms with Crippen molar-refractivity contribution >= 4 is 5.78 Å². The molecule has 2 bridgehead atoms. The minimum absolute atomic E-state index is 0. The fourth-order valence-corrected chi connectivity index (χ4v) is 6.61. The number of piperidine rings is 1. The molecule has 2 fully saturated rings. The molecule has 1 aromatic carbocycles. The number of aryl methyl sites for hydroxylation is 1. The van der Waals surface area contributed by atoms with Gasteiger partial charge in [-0.15, -0.1) is 0 Å². The summed E-state index contributed by atoms with van der Waals surface area (Å²) in [6.07, 6.45) is 5.11. The third kappa shape index (κ3) is 2.26. The van der Waals surface area contributed by atoms with E-state index in [4.69, 9.17) is 0 Å². The molecular weight excluding hydrogens is 333 g/mol. The smallest absolute Gasteiger partial charge is 0.334 e. The van der Waals surface area contributed by atoms with Gasteiger partial charge in [0.2, 0.25) is 0 Å². The third-order valence-electron chi connectivity index (χ3n) is 8.14. The molecule has 0 aromatic heterocycles. The number of fused-ring (bicyclic) bond motifs is 1. The number of Topliss-reactive ketones (excluding diaryl/α,β-unsaturated/α-hetero) is 1. The van der Waals surface area contributed by atoms with Crippen LogP contribution in [0.3, 0.4) is 0 Å². The first kappa shape index (κ1) is 20.1. The summed E-state index contributed by atoms with van der Waals surface area (Å²) in [6, 6.07) is 5.13. The summed E-state index contributed by atoms with van der Waals surface area (Å²) >= 11 is 0. The zero-order chi connectivity index (χ0) is 17.5. The predicted octanol–water partition coefficient (Wildman–Crippen LogP) is 1.02. The van der Waals surface area contributed by atoms with E-state index in [2.05, 4.69) is 58.7 Å². The molecule has 0 radical (unpaired) electrons. The van der Waals surface area contributed by atoms with Crippen LogP contribution in [-0.4, -0.2) is 30.3 Å². The van der Waals surface area contributed by atoms with Crippen LogP contribution in [0.1, 0.15) is 55.9 Å². The van der Waals surface area contributed by atoms with Crippen molar-refractivity contribution in [1.29, 1.82) is 0 Å². The SMILES string of the molecule is Cc1ccc2c(c1C)[C@]13CCN(C)C(C2)[C@]1(C)C[CH-]C(=O)C3(C)C.[K+]. The van der Waals surface area contributed by atoms with Gasteiger partial charge in [0.1, 0.15) is 0 Å². The predicted molar refractivity (Wildman–Crippen MR) is 98.1 cm³/mol. The van der Waals surface area contributed by atoms with Crippen LogP contribution in [0.4, 0.5) is 0 Å². The molecule has 0 amide bonds. The van der Waals surface area contributed by atoms with Crippen molar-refractivity contribution < 1.29 is 56.2 Å². The van der Waals surface area contributed by atoms with Crippen molar-refractivity contribution in [1.82, 2.24) is 4.90 Å². The van der Waals surface area contributed by atoms with Crippen molar-refractivity contribution in [2.24, 2.45) is 10.8 Å². The molecule has 1 aromatic rings. The Morgan fingerprint density at radius 2 is 1.88 bits per heavy atom. The van der Waals surface area contributed by atoms with Crippen molar-refractivity contribution in [2.45, 2.75) is 65.3 Å². The first-order valence-corrected chi connectivity index (χ1v) is 9.34. The van der Waals surface area contributed by atoms with E-state index >= 15 is 0 Å². The van der Waals surface area contributed by atoms with E-state index in [-0.39, 0.29) is 67.6 Å². The molecule has 0 N–H and O–H groups in total. The number of carbonyl (C=O) groups excluding carboxylic acids is 1. The molecule has 2 aliphatic carbocycles. The van der Waals surface area contributed by atoms with Gasteiger partial charge in [-0.05, 0) is 68.0 Å². The Kier molecular flexibility index (Phi) is 4.97. The Morgan fingerprint density at radius 3 is 2.56 bits per heavy atom. The molecule has 3 aliphatic rings. The van der Waals surface area contributed by atoms with Crippen molar-refractivity contribution in [3.63, 3.8) is 0 Å². The number of likely N-dealkylation sites (N-methyl/N-ethyl adjacent to an activating group) is 1. The molecule has 3 atom stereocenters. The summed E-state index contributed by atoms with van der Waals surface area (Å²) in [7, 11) is 2.27. The molecule has 3 heteroatoms. The van der Waals surface area contributed by atoms with E-state index in [0.717, 1.165) is 25.8 Å². The minimum Gasteiger partial charge on any atom is -0.334 e. The fraction of sp³-hybridized carbons (Fsp3) is 0.636. The van der Waals surface area contributed by atoms with Crippen LogP contribution in [0.25, 0.3) is 0 Å². The number of rotatable bonds is 0. The van der Waals surface area contributed by atoms with Gasteiger partial charge in [0.25, 0.3) is 0 Å². The number of likely N-dealkylation sites (tertiary alicyclic amines) is 1. The Bertz CT molecular complexity index is 740. The first-order chi connectivity index (χ1) is 11.2. The average molecular weight is 364 g/mol. The largest absolute Gasteiger partial charge is 1.00 e.